The third-order valence-electron chi connectivity index (χ3n) is 2.68. The Bertz CT molecular complexity index is 437. The van der Waals surface area contributed by atoms with Gasteiger partial charge >= 0.3 is 0 Å². The molecule has 20 heavy (non-hydrogen) atoms. The van der Waals surface area contributed by atoms with Gasteiger partial charge in [-0.3, -0.25) is 14.8 Å². The normalized spacial score (nSPS) is 10.1. The number of hydrogen-bond acceptors (Lipinski definition) is 4. The number of halogens is 1. The Labute approximate surface area is 122 Å². The average molecular weight is 300 g/mol. The minimum absolute atomic E-state index is 0.0899. The lowest BCUT2D eigenvalue weighted by atomic mass is 10.1. The highest BCUT2D eigenvalue weighted by Gasteiger charge is 2.03. The summed E-state index contributed by atoms with van der Waals surface area (Å²) in [6.45, 7) is 0. The van der Waals surface area contributed by atoms with Gasteiger partial charge in [-0.25, -0.2) is 10.5 Å². The summed E-state index contributed by atoms with van der Waals surface area (Å²) in [5, 5.41) is 11.5. The zero-order valence-electron chi connectivity index (χ0n) is 11.1. The van der Waals surface area contributed by atoms with E-state index < -0.39 is 0 Å². The van der Waals surface area contributed by atoms with Crippen LogP contribution in [0.3, 0.4) is 0 Å². The van der Waals surface area contributed by atoms with E-state index in [0.717, 1.165) is 19.3 Å². The van der Waals surface area contributed by atoms with Crippen LogP contribution in [0.5, 0.6) is 0 Å². The summed E-state index contributed by atoms with van der Waals surface area (Å²) >= 11 is 5.69. The Morgan fingerprint density at radius 1 is 1.10 bits per heavy atom. The van der Waals surface area contributed by atoms with E-state index >= 15 is 0 Å². The van der Waals surface area contributed by atoms with Gasteiger partial charge in [-0.1, -0.05) is 24.4 Å². The van der Waals surface area contributed by atoms with Gasteiger partial charge in [0.25, 0.3) is 0 Å². The first-order valence-corrected chi connectivity index (χ1v) is 6.84. The number of unbranched alkanes of at least 4 members (excludes halogenated alkanes) is 3. The molecule has 2 amide bonds. The van der Waals surface area contributed by atoms with Gasteiger partial charge in [0.2, 0.25) is 11.8 Å². The predicted octanol–water partition coefficient (Wildman–Crippen LogP) is 2.52. The monoisotopic (exact) mass is 299 g/mol. The number of hydrogen-bond donors (Lipinski definition) is 3. The second kappa shape index (κ2) is 9.28. The van der Waals surface area contributed by atoms with Crippen LogP contribution in [0.4, 0.5) is 5.82 Å². The van der Waals surface area contributed by atoms with Crippen molar-refractivity contribution in [2.75, 3.05) is 5.32 Å². The van der Waals surface area contributed by atoms with Gasteiger partial charge in [-0.2, -0.15) is 0 Å². The van der Waals surface area contributed by atoms with Gasteiger partial charge in [0.1, 0.15) is 5.82 Å². The lowest BCUT2D eigenvalue weighted by Crippen LogP contribution is -2.17. The standard InChI is InChI=1S/C13H18ClN3O3/c14-10-7-8-11(15-9-10)16-12(18)5-3-1-2-4-6-13(19)17-20/h7-9,20H,1-6H2,(H,17,19)(H,15,16,18). The van der Waals surface area contributed by atoms with E-state index in [1.165, 1.54) is 6.20 Å². The third-order valence-corrected chi connectivity index (χ3v) is 2.90. The van der Waals surface area contributed by atoms with E-state index in [4.69, 9.17) is 16.8 Å². The van der Waals surface area contributed by atoms with Crippen LogP contribution < -0.4 is 10.8 Å². The topological polar surface area (TPSA) is 91.3 Å². The molecule has 1 heterocycles. The van der Waals surface area contributed by atoms with Gasteiger partial charge in [-0.05, 0) is 25.0 Å². The number of carbonyl (C=O) groups excluding carboxylic acids is 2. The van der Waals surface area contributed by atoms with Crippen LogP contribution in [0.15, 0.2) is 18.3 Å². The van der Waals surface area contributed by atoms with Crippen LogP contribution in [0.1, 0.15) is 38.5 Å². The van der Waals surface area contributed by atoms with Gasteiger partial charge in [-0.15, -0.1) is 0 Å². The fourth-order valence-corrected chi connectivity index (χ4v) is 1.75. The number of hydroxylamine groups is 1. The number of nitrogens with one attached hydrogen (secondary N) is 2. The number of pyridine rings is 1. The molecule has 3 N–H and O–H groups in total. The van der Waals surface area contributed by atoms with E-state index in [-0.39, 0.29) is 11.8 Å². The molecule has 1 aromatic heterocycles. The molecule has 0 saturated carbocycles. The molecule has 0 aromatic carbocycles. The van der Waals surface area contributed by atoms with Crippen LogP contribution >= 0.6 is 11.6 Å². The zero-order chi connectivity index (χ0) is 14.8. The second-order valence-corrected chi connectivity index (χ2v) is 4.80. The maximum atomic E-state index is 11.6. The lowest BCUT2D eigenvalue weighted by molar-refractivity contribution is -0.129. The molecule has 0 bridgehead atoms. The first-order chi connectivity index (χ1) is 9.61. The molecule has 0 aliphatic rings. The van der Waals surface area contributed by atoms with Crippen molar-refractivity contribution in [1.29, 1.82) is 0 Å². The number of rotatable bonds is 8. The smallest absolute Gasteiger partial charge is 0.243 e. The van der Waals surface area contributed by atoms with Gasteiger partial charge in [0.15, 0.2) is 0 Å². The van der Waals surface area contributed by atoms with Crippen molar-refractivity contribution in [3.63, 3.8) is 0 Å². The molecular weight excluding hydrogens is 282 g/mol. The Hall–Kier alpha value is -1.66. The summed E-state index contributed by atoms with van der Waals surface area (Å²) in [7, 11) is 0. The van der Waals surface area contributed by atoms with E-state index in [2.05, 4.69) is 10.3 Å². The first-order valence-electron chi connectivity index (χ1n) is 6.46. The summed E-state index contributed by atoms with van der Waals surface area (Å²) in [6, 6.07) is 3.31. The fraction of sp³-hybridized carbons (Fsp3) is 0.462. The number of amides is 2. The molecule has 1 aromatic rings. The molecular formula is C13H18ClN3O3. The molecule has 6 nitrogen and oxygen atoms in total. The molecule has 1 rings (SSSR count). The Kier molecular flexibility index (Phi) is 7.60. The van der Waals surface area contributed by atoms with Crippen molar-refractivity contribution in [1.82, 2.24) is 10.5 Å². The van der Waals surface area contributed by atoms with Crippen molar-refractivity contribution in [2.45, 2.75) is 38.5 Å². The zero-order valence-corrected chi connectivity index (χ0v) is 11.8. The first kappa shape index (κ1) is 16.4. The van der Waals surface area contributed by atoms with E-state index in [0.29, 0.717) is 30.1 Å². The third kappa shape index (κ3) is 7.06. The minimum atomic E-state index is -0.378. The molecule has 7 heteroatoms. The van der Waals surface area contributed by atoms with Crippen molar-refractivity contribution in [2.24, 2.45) is 0 Å². The van der Waals surface area contributed by atoms with Crippen molar-refractivity contribution < 1.29 is 14.8 Å². The molecule has 0 saturated heterocycles. The fourth-order valence-electron chi connectivity index (χ4n) is 1.64. The molecule has 0 fully saturated rings. The summed E-state index contributed by atoms with van der Waals surface area (Å²) < 4.78 is 0. The molecule has 0 spiro atoms. The average Bonchev–Trinajstić information content (AvgIpc) is 2.44. The van der Waals surface area contributed by atoms with Gasteiger partial charge in [0.05, 0.1) is 5.02 Å². The number of carbonyl (C=O) groups is 2. The summed E-state index contributed by atoms with van der Waals surface area (Å²) in [6.07, 6.45) is 5.35. The summed E-state index contributed by atoms with van der Waals surface area (Å²) in [5.74, 6) is 0.0171. The van der Waals surface area contributed by atoms with Crippen LogP contribution in [0.25, 0.3) is 0 Å². The van der Waals surface area contributed by atoms with Crippen molar-refractivity contribution in [3.8, 4) is 0 Å². The SMILES string of the molecule is O=C(CCCCCCC(=O)Nc1ccc(Cl)cn1)NO. The Morgan fingerprint density at radius 2 is 1.75 bits per heavy atom. The summed E-state index contributed by atoms with van der Waals surface area (Å²) in [5.41, 5.74) is 1.59. The molecule has 0 atom stereocenters. The highest BCUT2D eigenvalue weighted by atomic mass is 35.5. The quantitative estimate of drug-likeness (QED) is 0.391. The van der Waals surface area contributed by atoms with Crippen LogP contribution in [0, 0.1) is 0 Å². The molecule has 0 aliphatic heterocycles. The maximum Gasteiger partial charge on any atom is 0.243 e. The number of aromatic nitrogens is 1. The van der Waals surface area contributed by atoms with Crippen molar-refractivity contribution in [3.05, 3.63) is 23.4 Å². The van der Waals surface area contributed by atoms with Gasteiger partial charge < -0.3 is 5.32 Å². The molecule has 0 radical (unpaired) electrons. The van der Waals surface area contributed by atoms with Crippen LogP contribution in [0.2, 0.25) is 5.02 Å². The predicted molar refractivity (Wildman–Crippen MR) is 75.5 cm³/mol. The largest absolute Gasteiger partial charge is 0.311 e. The second-order valence-electron chi connectivity index (χ2n) is 4.36. The van der Waals surface area contributed by atoms with E-state index in [1.54, 1.807) is 17.6 Å². The highest BCUT2D eigenvalue weighted by molar-refractivity contribution is 6.30. The van der Waals surface area contributed by atoms with Gasteiger partial charge in [0, 0.05) is 19.0 Å². The van der Waals surface area contributed by atoms with Crippen LogP contribution in [-0.4, -0.2) is 22.0 Å². The number of nitrogens with zero attached hydrogens (tertiary/aromatic N) is 1. The maximum absolute atomic E-state index is 11.6. The highest BCUT2D eigenvalue weighted by Crippen LogP contribution is 2.11. The van der Waals surface area contributed by atoms with Crippen LogP contribution in [-0.2, 0) is 9.59 Å². The van der Waals surface area contributed by atoms with E-state index in [1.807, 2.05) is 0 Å². The Balaban J connectivity index is 2.08. The number of anilines is 1. The summed E-state index contributed by atoms with van der Waals surface area (Å²) in [4.78, 5) is 26.3. The van der Waals surface area contributed by atoms with E-state index in [9.17, 15) is 9.59 Å². The lowest BCUT2D eigenvalue weighted by Gasteiger charge is -2.04. The Morgan fingerprint density at radius 3 is 2.30 bits per heavy atom. The molecule has 110 valence electrons. The van der Waals surface area contributed by atoms with Crippen molar-refractivity contribution >= 4 is 29.2 Å². The minimum Gasteiger partial charge on any atom is -0.311 e. The molecule has 0 aliphatic carbocycles. The molecule has 0 unspecified atom stereocenters.